The number of carbonyl (C=O) groups is 1. The third-order valence-corrected chi connectivity index (χ3v) is 8.33. The average Bonchev–Trinajstić information content (AvgIpc) is 3.42. The second kappa shape index (κ2) is 8.98. The van der Waals surface area contributed by atoms with E-state index in [0.29, 0.717) is 23.8 Å². The normalized spacial score (nSPS) is 23.5. The minimum Gasteiger partial charge on any atom is -0.366 e. The van der Waals surface area contributed by atoms with E-state index in [4.69, 9.17) is 0 Å². The van der Waals surface area contributed by atoms with Crippen molar-refractivity contribution >= 4 is 17.1 Å². The summed E-state index contributed by atoms with van der Waals surface area (Å²) in [7, 11) is 0. The molecular weight excluding hydrogens is 434 g/mol. The highest BCUT2D eigenvalue weighted by Crippen LogP contribution is 2.34. The minimum atomic E-state index is 0.231. The Balaban J connectivity index is 1.20. The largest absolute Gasteiger partial charge is 0.366 e. The molecule has 0 spiro atoms. The summed E-state index contributed by atoms with van der Waals surface area (Å²) in [6, 6.07) is 14.4. The zero-order valence-corrected chi connectivity index (χ0v) is 21.2. The Kier molecular flexibility index (Phi) is 5.79. The molecule has 35 heavy (non-hydrogen) atoms. The molecule has 1 aliphatic carbocycles. The van der Waals surface area contributed by atoms with Crippen LogP contribution in [0.4, 0.5) is 5.69 Å². The van der Waals surface area contributed by atoms with Gasteiger partial charge in [-0.1, -0.05) is 24.3 Å². The number of aromatic nitrogens is 2. The van der Waals surface area contributed by atoms with Gasteiger partial charge in [0.15, 0.2) is 0 Å². The number of likely N-dealkylation sites (tertiary alicyclic amines) is 1. The molecule has 3 aromatic rings. The summed E-state index contributed by atoms with van der Waals surface area (Å²) in [5.74, 6) is 1.29. The Hall–Kier alpha value is -2.86. The van der Waals surface area contributed by atoms with Crippen LogP contribution < -0.4 is 4.90 Å². The predicted octanol–water partition coefficient (Wildman–Crippen LogP) is 4.65. The zero-order valence-electron chi connectivity index (χ0n) is 21.2. The maximum absolute atomic E-state index is 12.6. The van der Waals surface area contributed by atoms with Crippen molar-refractivity contribution in [2.45, 2.75) is 58.0 Å². The zero-order chi connectivity index (χ0) is 24.1. The molecule has 0 N–H and O–H groups in total. The number of amides is 1. The first kappa shape index (κ1) is 22.6. The number of hydrogen-bond donors (Lipinski definition) is 0. The smallest absolute Gasteiger partial charge is 0.226 e. The summed E-state index contributed by atoms with van der Waals surface area (Å²) in [4.78, 5) is 19.7. The summed E-state index contributed by atoms with van der Waals surface area (Å²) < 4.78 is 2.00. The molecule has 1 aromatic carbocycles. The number of carbonyl (C=O) groups excluding carboxylic acids is 1. The Bertz CT molecular complexity index is 1210. The first-order chi connectivity index (χ1) is 17.0. The van der Waals surface area contributed by atoms with E-state index >= 15 is 0 Å². The second-order valence-corrected chi connectivity index (χ2v) is 11.1. The van der Waals surface area contributed by atoms with E-state index < -0.39 is 0 Å². The number of fused-ring (bicyclic) bond motifs is 1. The van der Waals surface area contributed by atoms with Crippen LogP contribution in [0.15, 0.2) is 48.8 Å². The van der Waals surface area contributed by atoms with Gasteiger partial charge < -0.3 is 14.7 Å². The van der Waals surface area contributed by atoms with Gasteiger partial charge in [-0.05, 0) is 75.8 Å². The summed E-state index contributed by atoms with van der Waals surface area (Å²) >= 11 is 0. The molecule has 6 heteroatoms. The van der Waals surface area contributed by atoms with Crippen molar-refractivity contribution in [3.63, 3.8) is 0 Å². The molecule has 2 atom stereocenters. The number of benzene rings is 1. The number of rotatable bonds is 5. The number of anilines is 1. The molecule has 3 fully saturated rings. The fourth-order valence-corrected chi connectivity index (χ4v) is 5.97. The maximum Gasteiger partial charge on any atom is 0.226 e. The van der Waals surface area contributed by atoms with Crippen LogP contribution in [-0.4, -0.2) is 70.1 Å². The van der Waals surface area contributed by atoms with Gasteiger partial charge >= 0.3 is 0 Å². The summed E-state index contributed by atoms with van der Waals surface area (Å²) in [6.45, 7) is 11.7. The van der Waals surface area contributed by atoms with E-state index in [-0.39, 0.29) is 6.04 Å². The van der Waals surface area contributed by atoms with Crippen LogP contribution >= 0.6 is 0 Å². The van der Waals surface area contributed by atoms with Crippen molar-refractivity contribution in [3.05, 3.63) is 54.4 Å². The molecule has 2 aliphatic heterocycles. The minimum absolute atomic E-state index is 0.231. The molecule has 6 nitrogen and oxygen atoms in total. The molecule has 184 valence electrons. The van der Waals surface area contributed by atoms with Crippen molar-refractivity contribution in [2.24, 2.45) is 5.92 Å². The molecule has 0 radical (unpaired) electrons. The van der Waals surface area contributed by atoms with Gasteiger partial charge in [-0.15, -0.1) is 0 Å². The molecule has 4 heterocycles. The Morgan fingerprint density at radius 3 is 2.46 bits per heavy atom. The summed E-state index contributed by atoms with van der Waals surface area (Å²) in [5, 5.41) is 4.60. The summed E-state index contributed by atoms with van der Waals surface area (Å²) in [5.41, 5.74) is 6.21. The van der Waals surface area contributed by atoms with E-state index in [1.54, 1.807) is 0 Å². The highest BCUT2D eigenvalue weighted by molar-refractivity contribution is 5.83. The number of piperazine rings is 1. The van der Waals surface area contributed by atoms with E-state index in [1.165, 1.54) is 41.9 Å². The third-order valence-electron chi connectivity index (χ3n) is 8.33. The van der Waals surface area contributed by atoms with Crippen LogP contribution in [0.25, 0.3) is 16.6 Å². The Morgan fingerprint density at radius 2 is 1.77 bits per heavy atom. The monoisotopic (exact) mass is 471 g/mol. The van der Waals surface area contributed by atoms with Crippen molar-refractivity contribution < 1.29 is 4.79 Å². The predicted molar refractivity (Wildman–Crippen MR) is 141 cm³/mol. The van der Waals surface area contributed by atoms with Crippen molar-refractivity contribution in [1.29, 1.82) is 0 Å². The quantitative estimate of drug-likeness (QED) is 0.544. The van der Waals surface area contributed by atoms with E-state index in [9.17, 15) is 4.79 Å². The lowest BCUT2D eigenvalue weighted by atomic mass is 9.96. The van der Waals surface area contributed by atoms with E-state index in [0.717, 1.165) is 38.0 Å². The lowest BCUT2D eigenvalue weighted by molar-refractivity contribution is -0.134. The van der Waals surface area contributed by atoms with Gasteiger partial charge in [0.25, 0.3) is 0 Å². The molecule has 0 bridgehead atoms. The van der Waals surface area contributed by atoms with Gasteiger partial charge in [0, 0.05) is 62.1 Å². The number of nitrogens with zero attached hydrogens (tertiary/aromatic N) is 5. The lowest BCUT2D eigenvalue weighted by Crippen LogP contribution is -2.54. The third kappa shape index (κ3) is 4.33. The first-order valence-corrected chi connectivity index (χ1v) is 13.3. The standard InChI is InChI=1S/C29H37N5O/c1-20(2)31-13-11-25(18-31)22-4-6-23(7-5-22)26-16-28-27(10-12-30-34(28)19-26)32-14-15-33(21(3)17-32)29(35)24-8-9-24/h4-7,10,12,16,19-21,24-25H,8-9,11,13-15,17-18H2,1-3H3/t21-,25+/m1/s1. The highest BCUT2D eigenvalue weighted by Gasteiger charge is 2.37. The molecule has 2 aromatic heterocycles. The molecule has 1 saturated carbocycles. The maximum atomic E-state index is 12.6. The van der Waals surface area contributed by atoms with Gasteiger partial charge in [0.1, 0.15) is 0 Å². The van der Waals surface area contributed by atoms with Gasteiger partial charge in [-0.25, -0.2) is 4.52 Å². The highest BCUT2D eigenvalue weighted by atomic mass is 16.2. The molecule has 1 amide bonds. The van der Waals surface area contributed by atoms with Crippen LogP contribution in [0.2, 0.25) is 0 Å². The Labute approximate surface area is 208 Å². The van der Waals surface area contributed by atoms with Crippen molar-refractivity contribution in [3.8, 4) is 11.1 Å². The van der Waals surface area contributed by atoms with Crippen LogP contribution in [-0.2, 0) is 4.79 Å². The molecule has 6 rings (SSSR count). The molecular formula is C29H37N5O. The van der Waals surface area contributed by atoms with Crippen LogP contribution in [0.1, 0.15) is 51.5 Å². The fraction of sp³-hybridized carbons (Fsp3) is 0.517. The van der Waals surface area contributed by atoms with Crippen LogP contribution in [0.3, 0.4) is 0 Å². The van der Waals surface area contributed by atoms with Gasteiger partial charge in [-0.3, -0.25) is 4.79 Å². The van der Waals surface area contributed by atoms with E-state index in [1.807, 2.05) is 10.7 Å². The number of hydrogen-bond acceptors (Lipinski definition) is 4. The molecule has 2 saturated heterocycles. The Morgan fingerprint density at radius 1 is 0.971 bits per heavy atom. The van der Waals surface area contributed by atoms with Crippen molar-refractivity contribution in [1.82, 2.24) is 19.4 Å². The topological polar surface area (TPSA) is 44.1 Å². The second-order valence-electron chi connectivity index (χ2n) is 11.1. The molecule has 0 unspecified atom stereocenters. The van der Waals surface area contributed by atoms with E-state index in [2.05, 4.69) is 83.2 Å². The SMILES string of the molecule is CC(C)N1CC[C@H](c2ccc(-c3cc4c(N5CCN(C(=O)C6CC6)[C@H](C)C5)ccnn4c3)cc2)C1. The first-order valence-electron chi connectivity index (χ1n) is 13.3. The van der Waals surface area contributed by atoms with Crippen LogP contribution in [0, 0.1) is 5.92 Å². The summed E-state index contributed by atoms with van der Waals surface area (Å²) in [6.07, 6.45) is 7.42. The van der Waals surface area contributed by atoms with Gasteiger partial charge in [0.05, 0.1) is 11.2 Å². The van der Waals surface area contributed by atoms with Gasteiger partial charge in [0.2, 0.25) is 5.91 Å². The van der Waals surface area contributed by atoms with Crippen LogP contribution in [0.5, 0.6) is 0 Å². The lowest BCUT2D eigenvalue weighted by Gasteiger charge is -2.41. The average molecular weight is 472 g/mol. The van der Waals surface area contributed by atoms with Gasteiger partial charge in [-0.2, -0.15) is 5.10 Å². The van der Waals surface area contributed by atoms with Crippen molar-refractivity contribution in [2.75, 3.05) is 37.6 Å². The molecule has 3 aliphatic rings. The fourth-order valence-electron chi connectivity index (χ4n) is 5.97.